The highest BCUT2D eigenvalue weighted by Gasteiger charge is 2.53. The second-order valence-corrected chi connectivity index (χ2v) is 4.33. The molecule has 0 fully saturated rings. The van der Waals surface area contributed by atoms with E-state index in [1.807, 2.05) is 0 Å². The van der Waals surface area contributed by atoms with Crippen LogP contribution in [0.2, 0.25) is 0 Å². The van der Waals surface area contributed by atoms with Gasteiger partial charge in [-0.2, -0.15) is 21.6 Å². The Morgan fingerprint density at radius 3 is 2.00 bits per heavy atom. The monoisotopic (exact) mass is 250 g/mol. The molecular formula is C6H9F3O5S. The zero-order valence-corrected chi connectivity index (χ0v) is 8.59. The van der Waals surface area contributed by atoms with Gasteiger partial charge in [-0.1, -0.05) is 0 Å². The fourth-order valence-electron chi connectivity index (χ4n) is 1.00. The van der Waals surface area contributed by atoms with E-state index >= 15 is 0 Å². The molecule has 0 aromatic heterocycles. The van der Waals surface area contributed by atoms with Crippen LogP contribution in [0.25, 0.3) is 0 Å². The van der Waals surface area contributed by atoms with Crippen molar-refractivity contribution in [2.75, 3.05) is 0 Å². The molecule has 9 heteroatoms. The Labute approximate surface area is 84.0 Å². The first kappa shape index (κ1) is 14.2. The van der Waals surface area contributed by atoms with Crippen molar-refractivity contribution in [1.82, 2.24) is 0 Å². The van der Waals surface area contributed by atoms with Crippen molar-refractivity contribution in [3.05, 3.63) is 0 Å². The third kappa shape index (κ3) is 4.47. The summed E-state index contributed by atoms with van der Waals surface area (Å²) in [7, 11) is -5.37. The predicted octanol–water partition coefficient (Wildman–Crippen LogP) is 0.757. The summed E-state index contributed by atoms with van der Waals surface area (Å²) < 4.78 is 69.9. The molecule has 0 saturated carbocycles. The summed E-state index contributed by atoms with van der Waals surface area (Å²) in [6.07, 6.45) is -7.21. The van der Waals surface area contributed by atoms with Gasteiger partial charge < -0.3 is 4.74 Å². The molecule has 5 nitrogen and oxygen atoms in total. The van der Waals surface area contributed by atoms with E-state index in [1.165, 1.54) is 0 Å². The number of ether oxygens (including phenoxy) is 1. The molecule has 0 aromatic carbocycles. The normalized spacial score (nSPS) is 16.9. The zero-order valence-electron chi connectivity index (χ0n) is 7.78. The molecule has 0 rings (SSSR count). The van der Waals surface area contributed by atoms with Gasteiger partial charge in [0.2, 0.25) is 5.25 Å². The number of halogens is 3. The van der Waals surface area contributed by atoms with Crippen LogP contribution < -0.4 is 0 Å². The quantitative estimate of drug-likeness (QED) is 0.590. The van der Waals surface area contributed by atoms with Crippen molar-refractivity contribution >= 4 is 16.1 Å². The predicted molar refractivity (Wildman–Crippen MR) is 42.6 cm³/mol. The van der Waals surface area contributed by atoms with Gasteiger partial charge in [0.25, 0.3) is 10.1 Å². The molecule has 0 aliphatic carbocycles. The highest BCUT2D eigenvalue weighted by Crippen LogP contribution is 2.29. The van der Waals surface area contributed by atoms with Gasteiger partial charge in [0.15, 0.2) is 0 Å². The van der Waals surface area contributed by atoms with Crippen molar-refractivity contribution < 1.29 is 35.7 Å². The first-order chi connectivity index (χ1) is 6.46. The SMILES string of the molecule is CC(=O)OC(C)C(C(F)(F)F)S(=O)(=O)O. The third-order valence-corrected chi connectivity index (χ3v) is 2.71. The van der Waals surface area contributed by atoms with E-state index in [2.05, 4.69) is 4.74 Å². The van der Waals surface area contributed by atoms with Gasteiger partial charge in [-0.15, -0.1) is 0 Å². The van der Waals surface area contributed by atoms with E-state index in [0.29, 0.717) is 0 Å². The Morgan fingerprint density at radius 1 is 1.40 bits per heavy atom. The lowest BCUT2D eigenvalue weighted by Gasteiger charge is -2.22. The molecule has 0 aromatic rings. The third-order valence-electron chi connectivity index (χ3n) is 1.42. The van der Waals surface area contributed by atoms with Gasteiger partial charge >= 0.3 is 12.1 Å². The zero-order chi connectivity index (χ0) is 12.4. The van der Waals surface area contributed by atoms with E-state index < -0.39 is 33.6 Å². The fourth-order valence-corrected chi connectivity index (χ4v) is 1.88. The van der Waals surface area contributed by atoms with E-state index in [4.69, 9.17) is 4.55 Å². The van der Waals surface area contributed by atoms with Crippen LogP contribution in [0.3, 0.4) is 0 Å². The first-order valence-corrected chi connectivity index (χ1v) is 5.17. The minimum absolute atomic E-state index is 0.729. The number of alkyl halides is 3. The molecule has 90 valence electrons. The highest BCUT2D eigenvalue weighted by molar-refractivity contribution is 7.86. The van der Waals surface area contributed by atoms with Crippen LogP contribution in [0.15, 0.2) is 0 Å². The number of rotatable bonds is 3. The molecule has 0 amide bonds. The maximum absolute atomic E-state index is 12.2. The summed E-state index contributed by atoms with van der Waals surface area (Å²) in [5.74, 6) is -1.07. The Morgan fingerprint density at radius 2 is 1.80 bits per heavy atom. The summed E-state index contributed by atoms with van der Waals surface area (Å²) in [4.78, 5) is 10.3. The largest absolute Gasteiger partial charge is 0.461 e. The van der Waals surface area contributed by atoms with Gasteiger partial charge in [-0.25, -0.2) is 0 Å². The van der Waals surface area contributed by atoms with Crippen LogP contribution in [-0.2, 0) is 19.6 Å². The number of carbonyl (C=O) groups is 1. The molecule has 0 radical (unpaired) electrons. The van der Waals surface area contributed by atoms with Crippen molar-refractivity contribution in [2.24, 2.45) is 0 Å². The van der Waals surface area contributed by atoms with Crippen LogP contribution >= 0.6 is 0 Å². The van der Waals surface area contributed by atoms with Crippen LogP contribution in [0, 0.1) is 0 Å². The van der Waals surface area contributed by atoms with Gasteiger partial charge in [0, 0.05) is 6.92 Å². The molecule has 15 heavy (non-hydrogen) atoms. The molecule has 0 aliphatic heterocycles. The second-order valence-electron chi connectivity index (χ2n) is 2.79. The number of hydrogen-bond donors (Lipinski definition) is 1. The van der Waals surface area contributed by atoms with Crippen molar-refractivity contribution in [2.45, 2.75) is 31.4 Å². The van der Waals surface area contributed by atoms with Gasteiger partial charge in [-0.3, -0.25) is 9.35 Å². The van der Waals surface area contributed by atoms with E-state index in [9.17, 15) is 26.4 Å². The van der Waals surface area contributed by atoms with Gasteiger partial charge in [0.1, 0.15) is 6.10 Å². The first-order valence-electron chi connectivity index (χ1n) is 3.66. The average Bonchev–Trinajstić information content (AvgIpc) is 1.74. The number of hydrogen-bond acceptors (Lipinski definition) is 4. The minimum Gasteiger partial charge on any atom is -0.461 e. The molecule has 0 aliphatic rings. The standard InChI is InChI=1S/C6H9F3O5S/c1-3(14-4(2)10)5(6(7,8)9)15(11,12)13/h3,5H,1-2H3,(H,11,12,13). The van der Waals surface area contributed by atoms with E-state index in [1.54, 1.807) is 0 Å². The van der Waals surface area contributed by atoms with Crippen molar-refractivity contribution in [1.29, 1.82) is 0 Å². The highest BCUT2D eigenvalue weighted by atomic mass is 32.2. The molecule has 0 heterocycles. The molecule has 2 atom stereocenters. The second kappa shape index (κ2) is 4.35. The van der Waals surface area contributed by atoms with Crippen molar-refractivity contribution in [3.8, 4) is 0 Å². The van der Waals surface area contributed by atoms with Crippen LogP contribution in [0.1, 0.15) is 13.8 Å². The molecular weight excluding hydrogens is 241 g/mol. The Kier molecular flexibility index (Phi) is 4.11. The van der Waals surface area contributed by atoms with E-state index in [0.717, 1.165) is 13.8 Å². The summed E-state index contributed by atoms with van der Waals surface area (Å²) in [5, 5.41) is -3.13. The maximum Gasteiger partial charge on any atom is 0.411 e. The Bertz CT molecular complexity index is 333. The van der Waals surface area contributed by atoms with Gasteiger partial charge in [0.05, 0.1) is 0 Å². The maximum atomic E-state index is 12.2. The summed E-state index contributed by atoms with van der Waals surface area (Å²) in [5.41, 5.74) is 0. The Hall–Kier alpha value is -0.830. The lowest BCUT2D eigenvalue weighted by atomic mass is 10.2. The smallest absolute Gasteiger partial charge is 0.411 e. The fraction of sp³-hybridized carbons (Fsp3) is 0.833. The lowest BCUT2D eigenvalue weighted by Crippen LogP contribution is -2.46. The summed E-state index contributed by atoms with van der Waals surface area (Å²) in [6, 6.07) is 0. The summed E-state index contributed by atoms with van der Waals surface area (Å²) in [6.45, 7) is 1.56. The van der Waals surface area contributed by atoms with Gasteiger partial charge in [-0.05, 0) is 6.92 Å². The topological polar surface area (TPSA) is 80.7 Å². The minimum atomic E-state index is -5.37. The van der Waals surface area contributed by atoms with Crippen molar-refractivity contribution in [3.63, 3.8) is 0 Å². The lowest BCUT2D eigenvalue weighted by molar-refractivity contribution is -0.166. The van der Waals surface area contributed by atoms with Crippen LogP contribution in [0.4, 0.5) is 13.2 Å². The van der Waals surface area contributed by atoms with Crippen LogP contribution in [-0.4, -0.2) is 36.5 Å². The number of esters is 1. The molecule has 2 unspecified atom stereocenters. The van der Waals surface area contributed by atoms with Crippen LogP contribution in [0.5, 0.6) is 0 Å². The molecule has 1 N–H and O–H groups in total. The molecule has 0 bridgehead atoms. The Balaban J connectivity index is 5.06. The molecule has 0 spiro atoms. The van der Waals surface area contributed by atoms with E-state index in [-0.39, 0.29) is 0 Å². The summed E-state index contributed by atoms with van der Waals surface area (Å²) >= 11 is 0. The number of carbonyl (C=O) groups excluding carboxylic acids is 1. The molecule has 0 saturated heterocycles. The average molecular weight is 250 g/mol.